The van der Waals surface area contributed by atoms with Gasteiger partial charge in [0.2, 0.25) is 0 Å². The lowest BCUT2D eigenvalue weighted by molar-refractivity contribution is 0.146. The number of rotatable bonds is 7. The zero-order chi connectivity index (χ0) is 12.5. The molecule has 0 aliphatic rings. The highest BCUT2D eigenvalue weighted by Gasteiger charge is 2.10. The van der Waals surface area contributed by atoms with Crippen molar-refractivity contribution in [3.8, 4) is 6.07 Å². The van der Waals surface area contributed by atoms with Gasteiger partial charge in [-0.15, -0.1) is 11.3 Å². The van der Waals surface area contributed by atoms with Gasteiger partial charge in [-0.2, -0.15) is 5.26 Å². The zero-order valence-corrected chi connectivity index (χ0v) is 11.0. The fourth-order valence-corrected chi connectivity index (χ4v) is 2.05. The molecule has 5 heteroatoms. The molecule has 1 atom stereocenters. The molecule has 0 radical (unpaired) electrons. The van der Waals surface area contributed by atoms with Gasteiger partial charge in [0.25, 0.3) is 0 Å². The van der Waals surface area contributed by atoms with Gasteiger partial charge in [-0.05, 0) is 20.3 Å². The lowest BCUT2D eigenvalue weighted by Gasteiger charge is -1.99. The van der Waals surface area contributed by atoms with Crippen molar-refractivity contribution in [3.63, 3.8) is 0 Å². The predicted octanol–water partition coefficient (Wildman–Crippen LogP) is 2.56. The first-order valence-corrected chi connectivity index (χ1v) is 6.55. The van der Waals surface area contributed by atoms with Crippen molar-refractivity contribution < 1.29 is 4.74 Å². The van der Waals surface area contributed by atoms with E-state index in [9.17, 15) is 0 Å². The van der Waals surface area contributed by atoms with Gasteiger partial charge in [0.15, 0.2) is 0 Å². The van der Waals surface area contributed by atoms with Gasteiger partial charge in [0.05, 0.1) is 6.07 Å². The average Bonchev–Trinajstić information content (AvgIpc) is 2.75. The topological polar surface area (TPSA) is 58.3 Å². The Balaban J connectivity index is 2.37. The van der Waals surface area contributed by atoms with Crippen LogP contribution in [0.3, 0.4) is 0 Å². The van der Waals surface area contributed by atoms with Crippen molar-refractivity contribution in [2.75, 3.05) is 19.8 Å². The maximum atomic E-state index is 9.03. The number of hydrogen-bond donors (Lipinski definition) is 0. The van der Waals surface area contributed by atoms with E-state index in [2.05, 4.69) is 16.0 Å². The highest BCUT2D eigenvalue weighted by atomic mass is 32.1. The smallest absolute Gasteiger partial charge is 0.133 e. The Labute approximate surface area is 106 Å². The van der Waals surface area contributed by atoms with E-state index in [1.165, 1.54) is 11.3 Å². The number of thiazole rings is 1. The van der Waals surface area contributed by atoms with E-state index >= 15 is 0 Å². The number of aliphatic imine (C=N–C) groups is 1. The van der Waals surface area contributed by atoms with E-state index in [1.807, 2.05) is 19.2 Å². The number of aryl methyl sites for hydroxylation is 1. The Bertz CT molecular complexity index is 395. The minimum atomic E-state index is -0.319. The molecular formula is C12H17N3OS. The van der Waals surface area contributed by atoms with Crippen LogP contribution in [0.5, 0.6) is 0 Å². The first-order chi connectivity index (χ1) is 8.27. The molecule has 4 nitrogen and oxygen atoms in total. The Kier molecular flexibility index (Phi) is 6.45. The number of aromatic nitrogens is 1. The Morgan fingerprint density at radius 2 is 2.53 bits per heavy atom. The van der Waals surface area contributed by atoms with Gasteiger partial charge in [0.1, 0.15) is 10.9 Å². The highest BCUT2D eigenvalue weighted by Crippen LogP contribution is 2.17. The molecule has 0 saturated carbocycles. The van der Waals surface area contributed by atoms with Gasteiger partial charge < -0.3 is 4.74 Å². The molecule has 0 fully saturated rings. The average molecular weight is 251 g/mol. The van der Waals surface area contributed by atoms with Crippen LogP contribution in [0.25, 0.3) is 0 Å². The van der Waals surface area contributed by atoms with Crippen LogP contribution >= 0.6 is 11.3 Å². The van der Waals surface area contributed by atoms with Crippen LogP contribution in [-0.2, 0) is 4.74 Å². The fourth-order valence-electron chi connectivity index (χ4n) is 1.25. The standard InChI is InChI=1S/C12H17N3OS/c1-3-16-6-4-5-14-8-11(7-13)12-15-10(2)9-17-12/h8-9,11H,3-6H2,1-2H3. The summed E-state index contributed by atoms with van der Waals surface area (Å²) >= 11 is 1.50. The minimum absolute atomic E-state index is 0.319. The Hall–Kier alpha value is -1.25. The van der Waals surface area contributed by atoms with E-state index in [4.69, 9.17) is 10.00 Å². The number of ether oxygens (including phenoxy) is 1. The van der Waals surface area contributed by atoms with Crippen molar-refractivity contribution in [1.82, 2.24) is 4.98 Å². The largest absolute Gasteiger partial charge is 0.382 e. The fraction of sp³-hybridized carbons (Fsp3) is 0.583. The molecule has 1 heterocycles. The third-order valence-corrected chi connectivity index (χ3v) is 3.12. The monoisotopic (exact) mass is 251 g/mol. The van der Waals surface area contributed by atoms with Gasteiger partial charge in [-0.25, -0.2) is 4.98 Å². The zero-order valence-electron chi connectivity index (χ0n) is 10.2. The normalized spacial score (nSPS) is 12.8. The maximum absolute atomic E-state index is 9.03. The summed E-state index contributed by atoms with van der Waals surface area (Å²) in [5.41, 5.74) is 0.954. The van der Waals surface area contributed by atoms with Crippen LogP contribution in [0, 0.1) is 18.3 Å². The summed E-state index contributed by atoms with van der Waals surface area (Å²) in [7, 11) is 0. The summed E-state index contributed by atoms with van der Waals surface area (Å²) in [4.78, 5) is 8.53. The van der Waals surface area contributed by atoms with Crippen LogP contribution < -0.4 is 0 Å². The van der Waals surface area contributed by atoms with Crippen molar-refractivity contribution in [3.05, 3.63) is 16.1 Å². The molecule has 0 bridgehead atoms. The summed E-state index contributed by atoms with van der Waals surface area (Å²) in [6.45, 7) is 6.06. The van der Waals surface area contributed by atoms with Crippen LogP contribution in [0.15, 0.2) is 10.4 Å². The van der Waals surface area contributed by atoms with Crippen molar-refractivity contribution in [1.29, 1.82) is 5.26 Å². The molecular weight excluding hydrogens is 234 g/mol. The van der Waals surface area contributed by atoms with Gasteiger partial charge in [-0.1, -0.05) is 0 Å². The maximum Gasteiger partial charge on any atom is 0.133 e. The summed E-state index contributed by atoms with van der Waals surface area (Å²) in [6.07, 6.45) is 2.57. The van der Waals surface area contributed by atoms with E-state index in [-0.39, 0.29) is 5.92 Å². The summed E-state index contributed by atoms with van der Waals surface area (Å²) in [6, 6.07) is 2.20. The number of nitrogens with zero attached hydrogens (tertiary/aromatic N) is 3. The molecule has 0 aliphatic heterocycles. The van der Waals surface area contributed by atoms with Crippen LogP contribution in [0.1, 0.15) is 30.0 Å². The van der Waals surface area contributed by atoms with Gasteiger partial charge in [-0.3, -0.25) is 4.99 Å². The lowest BCUT2D eigenvalue weighted by atomic mass is 10.2. The molecule has 17 heavy (non-hydrogen) atoms. The Morgan fingerprint density at radius 1 is 1.71 bits per heavy atom. The quantitative estimate of drug-likeness (QED) is 0.552. The second kappa shape index (κ2) is 7.93. The lowest BCUT2D eigenvalue weighted by Crippen LogP contribution is -1.99. The molecule has 0 aliphatic carbocycles. The predicted molar refractivity (Wildman–Crippen MR) is 69.7 cm³/mol. The van der Waals surface area contributed by atoms with E-state index in [0.717, 1.165) is 30.3 Å². The second-order valence-electron chi connectivity index (χ2n) is 3.54. The first kappa shape index (κ1) is 13.8. The molecule has 0 spiro atoms. The van der Waals surface area contributed by atoms with Crippen LogP contribution in [0.2, 0.25) is 0 Å². The molecule has 1 rings (SSSR count). The molecule has 0 aromatic carbocycles. The van der Waals surface area contributed by atoms with Crippen molar-refractivity contribution in [2.45, 2.75) is 26.2 Å². The van der Waals surface area contributed by atoms with E-state index in [1.54, 1.807) is 6.21 Å². The Morgan fingerprint density at radius 3 is 3.12 bits per heavy atom. The van der Waals surface area contributed by atoms with Crippen molar-refractivity contribution >= 4 is 17.6 Å². The third kappa shape index (κ3) is 5.07. The van der Waals surface area contributed by atoms with Gasteiger partial charge >= 0.3 is 0 Å². The van der Waals surface area contributed by atoms with Gasteiger partial charge in [0, 0.05) is 37.0 Å². The first-order valence-electron chi connectivity index (χ1n) is 5.67. The minimum Gasteiger partial charge on any atom is -0.382 e. The SMILES string of the molecule is CCOCCCN=CC(C#N)c1nc(C)cs1. The molecule has 1 unspecified atom stereocenters. The summed E-state index contributed by atoms with van der Waals surface area (Å²) in [5, 5.41) is 11.8. The van der Waals surface area contributed by atoms with Crippen LogP contribution in [-0.4, -0.2) is 31.0 Å². The molecule has 1 aromatic heterocycles. The van der Waals surface area contributed by atoms with Crippen LogP contribution in [0.4, 0.5) is 0 Å². The van der Waals surface area contributed by atoms with E-state index in [0.29, 0.717) is 6.54 Å². The number of nitriles is 1. The third-order valence-electron chi connectivity index (χ3n) is 2.08. The highest BCUT2D eigenvalue weighted by molar-refractivity contribution is 7.09. The number of hydrogen-bond acceptors (Lipinski definition) is 5. The molecule has 1 aromatic rings. The molecule has 0 amide bonds. The molecule has 0 saturated heterocycles. The second-order valence-corrected chi connectivity index (χ2v) is 4.43. The van der Waals surface area contributed by atoms with Crippen molar-refractivity contribution in [2.24, 2.45) is 4.99 Å². The summed E-state index contributed by atoms with van der Waals surface area (Å²) < 4.78 is 5.21. The summed E-state index contributed by atoms with van der Waals surface area (Å²) in [5.74, 6) is -0.319. The molecule has 92 valence electrons. The molecule has 0 N–H and O–H groups in total. The van der Waals surface area contributed by atoms with E-state index < -0.39 is 0 Å².